The lowest BCUT2D eigenvalue weighted by molar-refractivity contribution is -0.116. The van der Waals surface area contributed by atoms with Crippen LogP contribution in [0.25, 0.3) is 11.1 Å². The highest BCUT2D eigenvalue weighted by Gasteiger charge is 2.24. The fraction of sp³-hybridized carbons (Fsp3) is 0.316. The Bertz CT molecular complexity index is 1120. The zero-order valence-electron chi connectivity index (χ0n) is 16.2. The molecule has 152 valence electrons. The lowest BCUT2D eigenvalue weighted by atomic mass is 10.3. The summed E-state index contributed by atoms with van der Waals surface area (Å²) in [7, 11) is 0. The molecule has 0 aliphatic heterocycles. The van der Waals surface area contributed by atoms with Crippen LogP contribution in [-0.4, -0.2) is 39.8 Å². The van der Waals surface area contributed by atoms with Crippen molar-refractivity contribution in [3.05, 3.63) is 46.1 Å². The lowest BCUT2D eigenvalue weighted by Crippen LogP contribution is -2.30. The van der Waals surface area contributed by atoms with Crippen molar-refractivity contribution in [1.29, 1.82) is 0 Å². The van der Waals surface area contributed by atoms with Gasteiger partial charge in [-0.05, 0) is 32.9 Å². The van der Waals surface area contributed by atoms with Crippen LogP contribution < -0.4 is 15.6 Å². The molecule has 1 aromatic carbocycles. The van der Waals surface area contributed by atoms with E-state index in [1.54, 1.807) is 38.1 Å². The summed E-state index contributed by atoms with van der Waals surface area (Å²) in [5, 5.41) is 6.18. The minimum atomic E-state index is -0.796. The van der Waals surface area contributed by atoms with Gasteiger partial charge in [-0.3, -0.25) is 14.2 Å². The van der Waals surface area contributed by atoms with E-state index in [0.29, 0.717) is 18.0 Å². The van der Waals surface area contributed by atoms with Crippen LogP contribution in [0.4, 0.5) is 5.69 Å². The van der Waals surface area contributed by atoms with E-state index in [2.05, 4.69) is 15.5 Å². The van der Waals surface area contributed by atoms with Crippen molar-refractivity contribution in [1.82, 2.24) is 14.7 Å². The van der Waals surface area contributed by atoms with Crippen molar-refractivity contribution >= 4 is 28.7 Å². The van der Waals surface area contributed by atoms with Gasteiger partial charge in [-0.2, -0.15) is 4.98 Å². The maximum absolute atomic E-state index is 12.9. The molecular weight excluding hydrogens is 380 g/mol. The summed E-state index contributed by atoms with van der Waals surface area (Å²) in [6.07, 6.45) is 0. The van der Waals surface area contributed by atoms with Crippen molar-refractivity contribution in [2.24, 2.45) is 0 Å². The quantitative estimate of drug-likeness (QED) is 0.596. The van der Waals surface area contributed by atoms with Crippen molar-refractivity contribution < 1.29 is 23.6 Å². The molecule has 0 unspecified atom stereocenters. The van der Waals surface area contributed by atoms with Crippen molar-refractivity contribution in [3.8, 4) is 5.75 Å². The number of esters is 1. The first-order chi connectivity index (χ1) is 14.0. The second kappa shape index (κ2) is 8.55. The molecule has 0 saturated carbocycles. The molecule has 3 rings (SSSR count). The van der Waals surface area contributed by atoms with Gasteiger partial charge < -0.3 is 19.3 Å². The summed E-state index contributed by atoms with van der Waals surface area (Å²) in [6.45, 7) is 5.25. The number of anilines is 1. The number of fused-ring (bicyclic) bond motifs is 1. The molecular formula is C19H20N4O6. The maximum Gasteiger partial charge on any atom is 0.361 e. The highest BCUT2D eigenvalue weighted by molar-refractivity contribution is 6.00. The van der Waals surface area contributed by atoms with E-state index in [0.717, 1.165) is 4.57 Å². The molecule has 0 atom stereocenters. The van der Waals surface area contributed by atoms with Crippen molar-refractivity contribution in [2.45, 2.75) is 27.3 Å². The lowest BCUT2D eigenvalue weighted by Gasteiger charge is -2.13. The van der Waals surface area contributed by atoms with Gasteiger partial charge in [-0.1, -0.05) is 17.3 Å². The van der Waals surface area contributed by atoms with E-state index in [1.165, 1.54) is 0 Å². The predicted molar refractivity (Wildman–Crippen MR) is 103 cm³/mol. The molecule has 0 radical (unpaired) electrons. The minimum absolute atomic E-state index is 0.0890. The molecule has 10 nitrogen and oxygen atoms in total. The molecule has 0 spiro atoms. The fourth-order valence-electron chi connectivity index (χ4n) is 2.75. The van der Waals surface area contributed by atoms with Crippen LogP contribution in [0.5, 0.6) is 5.75 Å². The number of amides is 1. The number of carbonyl (C=O) groups is 2. The fourth-order valence-corrected chi connectivity index (χ4v) is 2.75. The molecule has 0 aliphatic carbocycles. The first-order valence-electron chi connectivity index (χ1n) is 9.01. The number of rotatable bonds is 7. The number of hydrogen-bond acceptors (Lipinski definition) is 8. The van der Waals surface area contributed by atoms with Gasteiger partial charge in [0.25, 0.3) is 11.3 Å². The van der Waals surface area contributed by atoms with Crippen LogP contribution in [0.2, 0.25) is 0 Å². The molecule has 2 heterocycles. The Morgan fingerprint density at radius 1 is 1.21 bits per heavy atom. The van der Waals surface area contributed by atoms with Crippen molar-refractivity contribution in [3.63, 3.8) is 0 Å². The van der Waals surface area contributed by atoms with Gasteiger partial charge in [-0.25, -0.2) is 4.79 Å². The number of aryl methyl sites for hydroxylation is 1. The SMILES string of the molecule is CCOC(=O)c1noc2nc(C)n(CC(=O)Nc3ccccc3OCC)c(=O)c12. The summed E-state index contributed by atoms with van der Waals surface area (Å²) in [5.74, 6) is -0.500. The Kier molecular flexibility index (Phi) is 5.91. The van der Waals surface area contributed by atoms with Gasteiger partial charge >= 0.3 is 5.97 Å². The highest BCUT2D eigenvalue weighted by atomic mass is 16.5. The molecule has 29 heavy (non-hydrogen) atoms. The number of aromatic nitrogens is 3. The second-order valence-corrected chi connectivity index (χ2v) is 5.96. The predicted octanol–water partition coefficient (Wildman–Crippen LogP) is 1.91. The molecule has 1 amide bonds. The van der Waals surface area contributed by atoms with Crippen molar-refractivity contribution in [2.75, 3.05) is 18.5 Å². The zero-order valence-corrected chi connectivity index (χ0v) is 16.2. The molecule has 0 fully saturated rings. The van der Waals surface area contributed by atoms with Gasteiger partial charge in [0.05, 0.1) is 18.9 Å². The number of para-hydroxylation sites is 2. The van der Waals surface area contributed by atoms with Gasteiger partial charge in [0.1, 0.15) is 23.5 Å². The summed E-state index contributed by atoms with van der Waals surface area (Å²) in [5.41, 5.74) is -0.495. The van der Waals surface area contributed by atoms with Crippen LogP contribution in [0.15, 0.2) is 33.6 Å². The third kappa shape index (κ3) is 4.10. The molecule has 2 aromatic heterocycles. The first-order valence-corrected chi connectivity index (χ1v) is 9.01. The van der Waals surface area contributed by atoms with Crippen LogP contribution in [0, 0.1) is 6.92 Å². The van der Waals surface area contributed by atoms with Gasteiger partial charge in [0, 0.05) is 0 Å². The van der Waals surface area contributed by atoms with E-state index in [-0.39, 0.29) is 35.8 Å². The molecule has 0 aliphatic rings. The summed E-state index contributed by atoms with van der Waals surface area (Å²) in [6, 6.07) is 6.97. The molecule has 10 heteroatoms. The third-order valence-electron chi connectivity index (χ3n) is 4.02. The maximum atomic E-state index is 12.9. The van der Waals surface area contributed by atoms with Crippen LogP contribution in [0.3, 0.4) is 0 Å². The number of carbonyl (C=O) groups excluding carboxylic acids is 2. The summed E-state index contributed by atoms with van der Waals surface area (Å²) >= 11 is 0. The monoisotopic (exact) mass is 400 g/mol. The highest BCUT2D eigenvalue weighted by Crippen LogP contribution is 2.23. The number of hydrogen-bond donors (Lipinski definition) is 1. The average Bonchev–Trinajstić information content (AvgIpc) is 3.11. The summed E-state index contributed by atoms with van der Waals surface area (Å²) in [4.78, 5) is 41.6. The van der Waals surface area contributed by atoms with E-state index in [9.17, 15) is 14.4 Å². The topological polar surface area (TPSA) is 126 Å². The van der Waals surface area contributed by atoms with Crippen LogP contribution in [-0.2, 0) is 16.1 Å². The largest absolute Gasteiger partial charge is 0.492 e. The molecule has 1 N–H and O–H groups in total. The molecule has 0 bridgehead atoms. The van der Waals surface area contributed by atoms with E-state index in [4.69, 9.17) is 14.0 Å². The van der Waals surface area contributed by atoms with Gasteiger partial charge in [0.2, 0.25) is 11.6 Å². The van der Waals surface area contributed by atoms with E-state index < -0.39 is 17.4 Å². The Morgan fingerprint density at radius 2 is 1.97 bits per heavy atom. The zero-order chi connectivity index (χ0) is 21.0. The molecule has 3 aromatic rings. The van der Waals surface area contributed by atoms with Crippen LogP contribution in [0.1, 0.15) is 30.2 Å². The Balaban J connectivity index is 1.92. The van der Waals surface area contributed by atoms with Gasteiger partial charge in [0.15, 0.2) is 0 Å². The second-order valence-electron chi connectivity index (χ2n) is 5.96. The number of nitrogens with zero attached hydrogens (tertiary/aromatic N) is 3. The standard InChI is InChI=1S/C19H20N4O6/c1-4-27-13-9-7-6-8-12(13)21-14(24)10-23-11(3)20-17-15(18(23)25)16(22-29-17)19(26)28-5-2/h6-9H,4-5,10H2,1-3H3,(H,21,24). The summed E-state index contributed by atoms with van der Waals surface area (Å²) < 4.78 is 16.5. The average molecular weight is 400 g/mol. The smallest absolute Gasteiger partial charge is 0.361 e. The van der Waals surface area contributed by atoms with E-state index in [1.807, 2.05) is 6.92 Å². The molecule has 0 saturated heterocycles. The van der Waals surface area contributed by atoms with Crippen LogP contribution >= 0.6 is 0 Å². The number of benzene rings is 1. The number of nitrogens with one attached hydrogen (secondary N) is 1. The van der Waals surface area contributed by atoms with E-state index >= 15 is 0 Å². The minimum Gasteiger partial charge on any atom is -0.492 e. The number of ether oxygens (including phenoxy) is 2. The Labute approximate surface area is 165 Å². The van der Waals surface area contributed by atoms with Gasteiger partial charge in [-0.15, -0.1) is 0 Å². The Morgan fingerprint density at radius 3 is 2.69 bits per heavy atom. The Hall–Kier alpha value is -3.69. The third-order valence-corrected chi connectivity index (χ3v) is 4.02. The first kappa shape index (κ1) is 20.1. The normalized spacial score (nSPS) is 10.7.